The number of sulfonamides is 1. The summed E-state index contributed by atoms with van der Waals surface area (Å²) in [6.07, 6.45) is 3.53. The van der Waals surface area contributed by atoms with Crippen LogP contribution < -0.4 is 4.80 Å². The minimum absolute atomic E-state index is 0.0178. The average Bonchev–Trinajstić information content (AvgIpc) is 3.16. The molecular weight excluding hydrogens is 464 g/mol. The summed E-state index contributed by atoms with van der Waals surface area (Å²) in [5.74, 6) is -0.497. The van der Waals surface area contributed by atoms with Crippen LogP contribution in [0.4, 0.5) is 5.69 Å². The van der Waals surface area contributed by atoms with Crippen molar-refractivity contribution in [3.8, 4) is 0 Å². The molecule has 0 unspecified atom stereocenters. The number of piperidine rings is 1. The van der Waals surface area contributed by atoms with Crippen LogP contribution >= 0.6 is 11.3 Å². The highest BCUT2D eigenvalue weighted by Gasteiger charge is 2.26. The van der Waals surface area contributed by atoms with Gasteiger partial charge in [0.2, 0.25) is 10.0 Å². The molecular formula is C22H24N4O5S2. The van der Waals surface area contributed by atoms with E-state index in [0.717, 1.165) is 31.2 Å². The van der Waals surface area contributed by atoms with E-state index in [2.05, 4.69) is 4.99 Å². The topological polar surface area (TPSA) is 115 Å². The summed E-state index contributed by atoms with van der Waals surface area (Å²) in [5.41, 5.74) is 1.04. The molecule has 9 nitrogen and oxygen atoms in total. The van der Waals surface area contributed by atoms with Crippen LogP contribution in [0.25, 0.3) is 10.2 Å². The lowest BCUT2D eigenvalue weighted by Gasteiger charge is -2.25. The van der Waals surface area contributed by atoms with Gasteiger partial charge in [-0.25, -0.2) is 8.42 Å². The summed E-state index contributed by atoms with van der Waals surface area (Å²) >= 11 is 1.21. The first kappa shape index (κ1) is 23.3. The molecule has 0 spiro atoms. The maximum Gasteiger partial charge on any atom is 0.279 e. The van der Waals surface area contributed by atoms with Gasteiger partial charge in [0.15, 0.2) is 4.80 Å². The zero-order chi connectivity index (χ0) is 23.6. The summed E-state index contributed by atoms with van der Waals surface area (Å²) in [6.45, 7) is 3.63. The van der Waals surface area contributed by atoms with Crippen LogP contribution in [-0.2, 0) is 16.6 Å². The molecule has 1 aliphatic rings. The van der Waals surface area contributed by atoms with E-state index in [-0.39, 0.29) is 16.1 Å². The monoisotopic (exact) mass is 488 g/mol. The Hall–Kier alpha value is -2.89. The number of nitro benzene ring substituents is 1. The third-order valence-electron chi connectivity index (χ3n) is 5.58. The molecule has 33 heavy (non-hydrogen) atoms. The molecule has 0 aliphatic carbocycles. The lowest BCUT2D eigenvalue weighted by molar-refractivity contribution is -0.384. The fourth-order valence-electron chi connectivity index (χ4n) is 3.88. The largest absolute Gasteiger partial charge is 0.316 e. The van der Waals surface area contributed by atoms with Crippen molar-refractivity contribution in [2.75, 3.05) is 13.1 Å². The van der Waals surface area contributed by atoms with Crippen molar-refractivity contribution < 1.29 is 18.1 Å². The summed E-state index contributed by atoms with van der Waals surface area (Å²) < 4.78 is 29.7. The number of carbonyl (C=O) groups is 1. The van der Waals surface area contributed by atoms with Crippen LogP contribution in [0.15, 0.2) is 52.4 Å². The predicted molar refractivity (Wildman–Crippen MR) is 126 cm³/mol. The van der Waals surface area contributed by atoms with E-state index in [1.807, 2.05) is 11.5 Å². The summed E-state index contributed by atoms with van der Waals surface area (Å²) in [7, 11) is -3.57. The number of rotatable bonds is 6. The number of nitrogens with zero attached hydrogens (tertiary/aromatic N) is 4. The molecule has 3 aromatic rings. The second-order valence-electron chi connectivity index (χ2n) is 7.85. The number of amides is 1. The number of fused-ring (bicyclic) bond motifs is 1. The van der Waals surface area contributed by atoms with Gasteiger partial charge in [0, 0.05) is 37.3 Å². The minimum atomic E-state index is -3.57. The Morgan fingerprint density at radius 1 is 1.12 bits per heavy atom. The molecule has 11 heteroatoms. The van der Waals surface area contributed by atoms with Gasteiger partial charge >= 0.3 is 0 Å². The van der Waals surface area contributed by atoms with Crippen LogP contribution in [0, 0.1) is 10.1 Å². The predicted octanol–water partition coefficient (Wildman–Crippen LogP) is 3.94. The van der Waals surface area contributed by atoms with Crippen molar-refractivity contribution in [3.05, 3.63) is 62.9 Å². The molecule has 1 aromatic heterocycles. The van der Waals surface area contributed by atoms with E-state index in [0.29, 0.717) is 29.1 Å². The van der Waals surface area contributed by atoms with Crippen LogP contribution in [-0.4, -0.2) is 41.2 Å². The van der Waals surface area contributed by atoms with Gasteiger partial charge in [-0.05, 0) is 49.6 Å². The van der Waals surface area contributed by atoms with Crippen molar-refractivity contribution >= 4 is 43.2 Å². The SMILES string of the molecule is CCCn1c(=NC(=O)c2ccc(S(=O)(=O)N3CCCCC3)cc2)sc2cc([N+](=O)[O-])ccc21. The van der Waals surface area contributed by atoms with Crippen LogP contribution in [0.1, 0.15) is 43.0 Å². The van der Waals surface area contributed by atoms with Crippen molar-refractivity contribution in [1.82, 2.24) is 8.87 Å². The van der Waals surface area contributed by atoms with Crippen molar-refractivity contribution in [2.24, 2.45) is 4.99 Å². The first-order valence-corrected chi connectivity index (χ1v) is 13.0. The molecule has 1 amide bonds. The number of benzene rings is 2. The number of thiazole rings is 1. The van der Waals surface area contributed by atoms with Gasteiger partial charge in [0.25, 0.3) is 11.6 Å². The molecule has 1 fully saturated rings. The van der Waals surface area contributed by atoms with E-state index in [1.54, 1.807) is 6.07 Å². The highest BCUT2D eigenvalue weighted by Crippen LogP contribution is 2.24. The van der Waals surface area contributed by atoms with E-state index in [4.69, 9.17) is 0 Å². The van der Waals surface area contributed by atoms with Crippen LogP contribution in [0.5, 0.6) is 0 Å². The van der Waals surface area contributed by atoms with Crippen molar-refractivity contribution in [2.45, 2.75) is 44.0 Å². The molecule has 0 radical (unpaired) electrons. The maximum atomic E-state index is 12.8. The maximum absolute atomic E-state index is 12.8. The third kappa shape index (κ3) is 4.75. The second kappa shape index (κ2) is 9.54. The molecule has 0 atom stereocenters. The van der Waals surface area contributed by atoms with Gasteiger partial charge in [0.05, 0.1) is 20.0 Å². The standard InChI is InChI=1S/C22H24N4O5S2/c1-2-12-25-19-11-8-17(26(28)29)15-20(19)32-22(25)23-21(27)16-6-9-18(10-7-16)33(30,31)24-13-4-3-5-14-24/h6-11,15H,2-5,12-14H2,1H3. The molecule has 0 bridgehead atoms. The van der Waals surface area contributed by atoms with Gasteiger partial charge in [-0.2, -0.15) is 9.30 Å². The third-order valence-corrected chi connectivity index (χ3v) is 8.53. The molecule has 174 valence electrons. The van der Waals surface area contributed by atoms with E-state index in [9.17, 15) is 23.3 Å². The summed E-state index contributed by atoms with van der Waals surface area (Å²) in [5, 5.41) is 11.1. The van der Waals surface area contributed by atoms with Crippen molar-refractivity contribution in [1.29, 1.82) is 0 Å². The molecule has 2 heterocycles. The Balaban J connectivity index is 1.66. The molecule has 0 saturated carbocycles. The molecule has 1 aliphatic heterocycles. The van der Waals surface area contributed by atoms with Gasteiger partial charge in [0.1, 0.15) is 0 Å². The first-order chi connectivity index (χ1) is 15.8. The Morgan fingerprint density at radius 2 is 1.82 bits per heavy atom. The lowest BCUT2D eigenvalue weighted by atomic mass is 10.2. The van der Waals surface area contributed by atoms with E-state index in [1.165, 1.54) is 52.0 Å². The smallest absolute Gasteiger partial charge is 0.279 e. The van der Waals surface area contributed by atoms with Crippen LogP contribution in [0.3, 0.4) is 0 Å². The van der Waals surface area contributed by atoms with Gasteiger partial charge in [-0.15, -0.1) is 0 Å². The number of nitro groups is 1. The Labute approximate surface area is 195 Å². The number of hydrogen-bond donors (Lipinski definition) is 0. The first-order valence-electron chi connectivity index (χ1n) is 10.8. The highest BCUT2D eigenvalue weighted by atomic mass is 32.2. The fourth-order valence-corrected chi connectivity index (χ4v) is 6.48. The van der Waals surface area contributed by atoms with Gasteiger partial charge in [-0.1, -0.05) is 24.7 Å². The number of hydrogen-bond acceptors (Lipinski definition) is 6. The number of aryl methyl sites for hydroxylation is 1. The van der Waals surface area contributed by atoms with E-state index >= 15 is 0 Å². The Morgan fingerprint density at radius 3 is 2.45 bits per heavy atom. The van der Waals surface area contributed by atoms with E-state index < -0.39 is 20.9 Å². The second-order valence-corrected chi connectivity index (χ2v) is 10.8. The zero-order valence-corrected chi connectivity index (χ0v) is 19.8. The minimum Gasteiger partial charge on any atom is -0.316 e. The van der Waals surface area contributed by atoms with Gasteiger partial charge < -0.3 is 4.57 Å². The average molecular weight is 489 g/mol. The molecule has 2 aromatic carbocycles. The normalized spacial score (nSPS) is 15.7. The fraction of sp³-hybridized carbons (Fsp3) is 0.364. The lowest BCUT2D eigenvalue weighted by Crippen LogP contribution is -2.35. The molecule has 1 saturated heterocycles. The van der Waals surface area contributed by atoms with Crippen LogP contribution in [0.2, 0.25) is 0 Å². The molecule has 0 N–H and O–H groups in total. The zero-order valence-electron chi connectivity index (χ0n) is 18.1. The molecule has 4 rings (SSSR count). The quantitative estimate of drug-likeness (QED) is 0.385. The van der Waals surface area contributed by atoms with Crippen molar-refractivity contribution in [3.63, 3.8) is 0 Å². The van der Waals surface area contributed by atoms with Gasteiger partial charge in [-0.3, -0.25) is 14.9 Å². The summed E-state index contributed by atoms with van der Waals surface area (Å²) in [6, 6.07) is 10.4. The Kier molecular flexibility index (Phi) is 6.73. The number of non-ortho nitro benzene ring substituents is 1. The number of aromatic nitrogens is 1. The number of carbonyl (C=O) groups excluding carboxylic acids is 1. The highest BCUT2D eigenvalue weighted by molar-refractivity contribution is 7.89. The Bertz CT molecular complexity index is 1370. The summed E-state index contributed by atoms with van der Waals surface area (Å²) in [4.78, 5) is 28.4.